The molecule has 1 rings (SSSR count). The highest BCUT2D eigenvalue weighted by Crippen LogP contribution is 2.43. The summed E-state index contributed by atoms with van der Waals surface area (Å²) >= 11 is 0. The first-order chi connectivity index (χ1) is 10.2. The van der Waals surface area contributed by atoms with Crippen LogP contribution >= 0.6 is 0 Å². The van der Waals surface area contributed by atoms with Crippen molar-refractivity contribution < 1.29 is 4.79 Å². The molecule has 0 heterocycles. The molecule has 0 unspecified atom stereocenters. The Labute approximate surface area is 137 Å². The Bertz CT molecular complexity index is 426. The van der Waals surface area contributed by atoms with Crippen LogP contribution in [0.2, 0.25) is 0 Å². The van der Waals surface area contributed by atoms with Crippen molar-refractivity contribution >= 4 is 5.91 Å². The Balaban J connectivity index is 3.45. The van der Waals surface area contributed by atoms with E-state index in [0.29, 0.717) is 11.8 Å². The number of hydrogen-bond donors (Lipinski definition) is 0. The maximum Gasteiger partial charge on any atom is 0.236 e. The minimum Gasteiger partial charge on any atom is -0.342 e. The van der Waals surface area contributed by atoms with E-state index in [4.69, 9.17) is 0 Å². The van der Waals surface area contributed by atoms with Gasteiger partial charge in [-0.3, -0.25) is 4.79 Å². The molecule has 0 atom stereocenters. The van der Waals surface area contributed by atoms with Gasteiger partial charge in [0.15, 0.2) is 0 Å². The van der Waals surface area contributed by atoms with Gasteiger partial charge in [-0.05, 0) is 31.6 Å². The third-order valence-electron chi connectivity index (χ3n) is 4.85. The number of carbonyl (C=O) groups excluding carboxylic acids is 1. The van der Waals surface area contributed by atoms with Crippen LogP contribution in [0, 0.1) is 29.6 Å². The molecule has 2 nitrogen and oxygen atoms in total. The minimum absolute atomic E-state index is 0.247. The van der Waals surface area contributed by atoms with Crippen LogP contribution in [0.15, 0.2) is 23.3 Å². The van der Waals surface area contributed by atoms with E-state index < -0.39 is 5.41 Å². The van der Waals surface area contributed by atoms with Crippen LogP contribution in [0.4, 0.5) is 0 Å². The molecule has 1 aliphatic carbocycles. The highest BCUT2D eigenvalue weighted by Gasteiger charge is 2.42. The van der Waals surface area contributed by atoms with Crippen molar-refractivity contribution in [2.75, 3.05) is 13.1 Å². The highest BCUT2D eigenvalue weighted by molar-refractivity contribution is 5.88. The summed E-state index contributed by atoms with van der Waals surface area (Å²) in [4.78, 5) is 15.2. The lowest BCUT2D eigenvalue weighted by Gasteiger charge is -2.40. The predicted octanol–water partition coefficient (Wildman–Crippen LogP) is 4.88. The van der Waals surface area contributed by atoms with Gasteiger partial charge in [-0.15, -0.1) is 0 Å². The van der Waals surface area contributed by atoms with Crippen LogP contribution in [0.1, 0.15) is 55.4 Å². The van der Waals surface area contributed by atoms with Crippen LogP contribution < -0.4 is 0 Å². The SMILES string of the molecule is CCN(CC)C(=O)C1(C(C)C)C=C(C(C)C)[CH]C(C(C)C)=C1. The van der Waals surface area contributed by atoms with Crippen molar-refractivity contribution in [3.05, 3.63) is 29.7 Å². The van der Waals surface area contributed by atoms with Gasteiger partial charge in [-0.1, -0.05) is 64.8 Å². The molecule has 125 valence electrons. The molecular weight excluding hydrogens is 270 g/mol. The van der Waals surface area contributed by atoms with Crippen LogP contribution in [-0.4, -0.2) is 23.9 Å². The molecule has 1 aliphatic rings. The van der Waals surface area contributed by atoms with Gasteiger partial charge in [0.05, 0.1) is 5.41 Å². The van der Waals surface area contributed by atoms with E-state index in [2.05, 4.69) is 74.0 Å². The molecule has 0 saturated heterocycles. The fourth-order valence-electron chi connectivity index (χ4n) is 3.02. The Morgan fingerprint density at radius 3 is 1.64 bits per heavy atom. The monoisotopic (exact) mass is 304 g/mol. The smallest absolute Gasteiger partial charge is 0.236 e. The number of nitrogens with zero attached hydrogens (tertiary/aromatic N) is 1. The standard InChI is InChI=1S/C20H34NO/c1-9-21(10-2)19(22)20(16(7)8)12-17(14(3)4)11-18(13-20)15(5)6/h11-16H,9-10H2,1-8H3. The molecule has 0 aliphatic heterocycles. The number of rotatable bonds is 6. The molecule has 0 N–H and O–H groups in total. The summed E-state index contributed by atoms with van der Waals surface area (Å²) in [5.41, 5.74) is 2.08. The summed E-state index contributed by atoms with van der Waals surface area (Å²) in [5, 5.41) is 0. The van der Waals surface area contributed by atoms with E-state index in [9.17, 15) is 4.79 Å². The van der Waals surface area contributed by atoms with Gasteiger partial charge < -0.3 is 4.90 Å². The summed E-state index contributed by atoms with van der Waals surface area (Å²) in [5.74, 6) is 1.36. The van der Waals surface area contributed by atoms with E-state index in [1.165, 1.54) is 11.1 Å². The van der Waals surface area contributed by atoms with Gasteiger partial charge in [0.2, 0.25) is 5.91 Å². The van der Waals surface area contributed by atoms with Crippen LogP contribution in [0.3, 0.4) is 0 Å². The van der Waals surface area contributed by atoms with Crippen molar-refractivity contribution in [1.29, 1.82) is 0 Å². The highest BCUT2D eigenvalue weighted by atomic mass is 16.2. The summed E-state index contributed by atoms with van der Waals surface area (Å²) in [6.45, 7) is 18.8. The summed E-state index contributed by atoms with van der Waals surface area (Å²) < 4.78 is 0. The van der Waals surface area contributed by atoms with Gasteiger partial charge in [0, 0.05) is 19.5 Å². The van der Waals surface area contributed by atoms with Gasteiger partial charge >= 0.3 is 0 Å². The fourth-order valence-corrected chi connectivity index (χ4v) is 3.02. The van der Waals surface area contributed by atoms with E-state index in [1.807, 2.05) is 4.90 Å². The first kappa shape index (κ1) is 19.0. The molecule has 0 aromatic carbocycles. The molecule has 0 aromatic heterocycles. The number of carbonyl (C=O) groups is 1. The molecule has 0 spiro atoms. The Morgan fingerprint density at radius 2 is 1.36 bits per heavy atom. The van der Waals surface area contributed by atoms with Crippen LogP contribution in [-0.2, 0) is 4.79 Å². The second-order valence-electron chi connectivity index (χ2n) is 7.31. The lowest BCUT2D eigenvalue weighted by Crippen LogP contribution is -2.46. The number of amides is 1. The zero-order chi connectivity index (χ0) is 17.1. The zero-order valence-electron chi connectivity index (χ0n) is 15.7. The Morgan fingerprint density at radius 1 is 0.955 bits per heavy atom. The molecule has 0 bridgehead atoms. The lowest BCUT2D eigenvalue weighted by molar-refractivity contribution is -0.138. The molecule has 0 fully saturated rings. The molecule has 0 aromatic rings. The maximum absolute atomic E-state index is 13.3. The number of hydrogen-bond acceptors (Lipinski definition) is 1. The van der Waals surface area contributed by atoms with Crippen molar-refractivity contribution in [2.24, 2.45) is 23.2 Å². The van der Waals surface area contributed by atoms with Gasteiger partial charge in [0.1, 0.15) is 0 Å². The normalized spacial score (nSPS) is 17.8. The molecule has 1 radical (unpaired) electrons. The van der Waals surface area contributed by atoms with E-state index in [1.54, 1.807) is 0 Å². The average Bonchev–Trinajstić information content (AvgIpc) is 2.47. The number of allylic oxidation sites excluding steroid dienone is 2. The van der Waals surface area contributed by atoms with Gasteiger partial charge in [-0.2, -0.15) is 0 Å². The Hall–Kier alpha value is -1.05. The van der Waals surface area contributed by atoms with E-state index in [0.717, 1.165) is 13.1 Å². The molecule has 1 amide bonds. The van der Waals surface area contributed by atoms with Crippen molar-refractivity contribution in [1.82, 2.24) is 4.90 Å². The second kappa shape index (κ2) is 7.48. The quantitative estimate of drug-likeness (QED) is 0.685. The first-order valence-corrected chi connectivity index (χ1v) is 8.79. The molecule has 22 heavy (non-hydrogen) atoms. The van der Waals surface area contributed by atoms with Crippen LogP contribution in [0.25, 0.3) is 0 Å². The van der Waals surface area contributed by atoms with Crippen molar-refractivity contribution in [3.8, 4) is 0 Å². The molecule has 2 heteroatoms. The van der Waals surface area contributed by atoms with Crippen molar-refractivity contribution in [2.45, 2.75) is 55.4 Å². The third kappa shape index (κ3) is 3.64. The van der Waals surface area contributed by atoms with Crippen molar-refractivity contribution in [3.63, 3.8) is 0 Å². The van der Waals surface area contributed by atoms with Gasteiger partial charge in [-0.25, -0.2) is 0 Å². The zero-order valence-corrected chi connectivity index (χ0v) is 15.7. The van der Waals surface area contributed by atoms with E-state index >= 15 is 0 Å². The Kier molecular flexibility index (Phi) is 6.46. The van der Waals surface area contributed by atoms with Crippen LogP contribution in [0.5, 0.6) is 0 Å². The predicted molar refractivity (Wildman–Crippen MR) is 95.3 cm³/mol. The minimum atomic E-state index is -0.500. The summed E-state index contributed by atoms with van der Waals surface area (Å²) in [6, 6.07) is 0. The average molecular weight is 304 g/mol. The molecular formula is C20H34NO. The van der Waals surface area contributed by atoms with E-state index in [-0.39, 0.29) is 11.8 Å². The third-order valence-corrected chi connectivity index (χ3v) is 4.85. The maximum atomic E-state index is 13.3. The first-order valence-electron chi connectivity index (χ1n) is 8.79. The van der Waals surface area contributed by atoms with Gasteiger partial charge in [0.25, 0.3) is 0 Å². The largest absolute Gasteiger partial charge is 0.342 e. The summed E-state index contributed by atoms with van der Waals surface area (Å²) in [6.07, 6.45) is 6.75. The summed E-state index contributed by atoms with van der Waals surface area (Å²) in [7, 11) is 0. The topological polar surface area (TPSA) is 20.3 Å². The molecule has 0 saturated carbocycles. The lowest BCUT2D eigenvalue weighted by atomic mass is 9.67. The fraction of sp³-hybridized carbons (Fsp3) is 0.700. The second-order valence-corrected chi connectivity index (χ2v) is 7.31.